The van der Waals surface area contributed by atoms with Crippen LogP contribution in [0.3, 0.4) is 0 Å². The Hall–Kier alpha value is -0.700. The fourth-order valence-electron chi connectivity index (χ4n) is 0.807. The average Bonchev–Trinajstić information content (AvgIpc) is 1.89. The lowest BCUT2D eigenvalue weighted by Gasteiger charge is -2.15. The van der Waals surface area contributed by atoms with Crippen molar-refractivity contribution >= 4 is 12.1 Å². The molecule has 0 aromatic heterocycles. The molecule has 0 N–H and O–H groups in total. The van der Waals surface area contributed by atoms with Crippen molar-refractivity contribution in [2.45, 2.75) is 18.9 Å². The third kappa shape index (κ3) is 1.36. The standard InChI is InChI=1S/C6H8O3/c7-4-6-5(8)2-1-3-9-6/h4,6H,1-3H2. The van der Waals surface area contributed by atoms with E-state index in [1.807, 2.05) is 0 Å². The van der Waals surface area contributed by atoms with Gasteiger partial charge in [-0.05, 0) is 6.42 Å². The number of carbonyl (C=O) groups excluding carboxylic acids is 2. The van der Waals surface area contributed by atoms with Crippen molar-refractivity contribution in [3.05, 3.63) is 0 Å². The molecular weight excluding hydrogens is 120 g/mol. The molecule has 1 saturated heterocycles. The highest BCUT2D eigenvalue weighted by atomic mass is 16.5. The Morgan fingerprint density at radius 3 is 2.89 bits per heavy atom. The van der Waals surface area contributed by atoms with E-state index in [4.69, 9.17) is 4.74 Å². The summed E-state index contributed by atoms with van der Waals surface area (Å²) in [5.41, 5.74) is 0. The fourth-order valence-corrected chi connectivity index (χ4v) is 0.807. The molecule has 1 fully saturated rings. The van der Waals surface area contributed by atoms with Crippen molar-refractivity contribution in [2.75, 3.05) is 6.61 Å². The quantitative estimate of drug-likeness (QED) is 0.367. The molecule has 0 spiro atoms. The van der Waals surface area contributed by atoms with Crippen LogP contribution in [0.1, 0.15) is 12.8 Å². The van der Waals surface area contributed by atoms with E-state index in [1.54, 1.807) is 0 Å². The summed E-state index contributed by atoms with van der Waals surface area (Å²) in [7, 11) is 0. The second-order valence-corrected chi connectivity index (χ2v) is 2.00. The molecule has 1 heterocycles. The zero-order valence-corrected chi connectivity index (χ0v) is 5.00. The van der Waals surface area contributed by atoms with Crippen LogP contribution in [0.2, 0.25) is 0 Å². The lowest BCUT2D eigenvalue weighted by Crippen LogP contribution is -2.30. The Kier molecular flexibility index (Phi) is 1.95. The summed E-state index contributed by atoms with van der Waals surface area (Å²) in [6, 6.07) is 0. The van der Waals surface area contributed by atoms with Crippen LogP contribution in [0.15, 0.2) is 0 Å². The van der Waals surface area contributed by atoms with E-state index >= 15 is 0 Å². The smallest absolute Gasteiger partial charge is 0.171 e. The Morgan fingerprint density at radius 1 is 1.67 bits per heavy atom. The zero-order valence-electron chi connectivity index (χ0n) is 5.00. The number of rotatable bonds is 1. The van der Waals surface area contributed by atoms with Crippen LogP contribution < -0.4 is 0 Å². The Balaban J connectivity index is 2.48. The number of ether oxygens (including phenoxy) is 1. The zero-order chi connectivity index (χ0) is 6.69. The molecular formula is C6H8O3. The maximum Gasteiger partial charge on any atom is 0.171 e. The lowest BCUT2D eigenvalue weighted by atomic mass is 10.1. The van der Waals surface area contributed by atoms with E-state index in [0.717, 1.165) is 6.42 Å². The maximum atomic E-state index is 10.7. The van der Waals surface area contributed by atoms with Crippen LogP contribution in [0.4, 0.5) is 0 Å². The van der Waals surface area contributed by atoms with Gasteiger partial charge in [-0.1, -0.05) is 0 Å². The first-order chi connectivity index (χ1) is 4.34. The summed E-state index contributed by atoms with van der Waals surface area (Å²) in [6.07, 6.45) is 1.03. The monoisotopic (exact) mass is 128 g/mol. The van der Waals surface area contributed by atoms with Gasteiger partial charge >= 0.3 is 0 Å². The molecule has 0 saturated carbocycles. The number of hydrogen-bond acceptors (Lipinski definition) is 3. The summed E-state index contributed by atoms with van der Waals surface area (Å²) in [6.45, 7) is 0.537. The summed E-state index contributed by atoms with van der Waals surface area (Å²) in [5, 5.41) is 0. The second kappa shape index (κ2) is 2.73. The second-order valence-electron chi connectivity index (χ2n) is 2.00. The van der Waals surface area contributed by atoms with Crippen LogP contribution in [0.25, 0.3) is 0 Å². The molecule has 3 heteroatoms. The number of aldehydes is 1. The minimum absolute atomic E-state index is 0.0868. The largest absolute Gasteiger partial charge is 0.363 e. The number of Topliss-reactive ketones (excluding diaryl/α,β-unsaturated/α-hetero) is 1. The van der Waals surface area contributed by atoms with Gasteiger partial charge in [-0.3, -0.25) is 9.59 Å². The molecule has 1 aliphatic heterocycles. The molecule has 0 amide bonds. The van der Waals surface area contributed by atoms with Crippen molar-refractivity contribution in [3.8, 4) is 0 Å². The average molecular weight is 128 g/mol. The fraction of sp³-hybridized carbons (Fsp3) is 0.667. The lowest BCUT2D eigenvalue weighted by molar-refractivity contribution is -0.140. The van der Waals surface area contributed by atoms with Crippen molar-refractivity contribution in [2.24, 2.45) is 0 Å². The van der Waals surface area contributed by atoms with Gasteiger partial charge in [0.2, 0.25) is 0 Å². The molecule has 3 nitrogen and oxygen atoms in total. The van der Waals surface area contributed by atoms with Gasteiger partial charge in [-0.25, -0.2) is 0 Å². The van der Waals surface area contributed by atoms with Crippen LogP contribution in [0.5, 0.6) is 0 Å². The Labute approximate surface area is 53.0 Å². The predicted molar refractivity (Wildman–Crippen MR) is 30.0 cm³/mol. The van der Waals surface area contributed by atoms with E-state index in [1.165, 1.54) is 0 Å². The maximum absolute atomic E-state index is 10.7. The number of ketones is 1. The molecule has 0 bridgehead atoms. The number of carbonyl (C=O) groups is 2. The minimum atomic E-state index is -0.765. The van der Waals surface area contributed by atoms with E-state index in [9.17, 15) is 9.59 Å². The van der Waals surface area contributed by atoms with E-state index < -0.39 is 6.10 Å². The number of hydrogen-bond donors (Lipinski definition) is 0. The van der Waals surface area contributed by atoms with Gasteiger partial charge in [0.15, 0.2) is 18.2 Å². The van der Waals surface area contributed by atoms with Crippen molar-refractivity contribution in [1.82, 2.24) is 0 Å². The highest BCUT2D eigenvalue weighted by molar-refractivity contribution is 5.96. The van der Waals surface area contributed by atoms with Crippen molar-refractivity contribution in [1.29, 1.82) is 0 Å². The molecule has 50 valence electrons. The molecule has 1 unspecified atom stereocenters. The molecule has 1 rings (SSSR count). The summed E-state index contributed by atoms with van der Waals surface area (Å²) in [5.74, 6) is -0.0868. The van der Waals surface area contributed by atoms with Gasteiger partial charge < -0.3 is 4.74 Å². The third-order valence-electron chi connectivity index (χ3n) is 1.31. The van der Waals surface area contributed by atoms with Gasteiger partial charge in [0.25, 0.3) is 0 Å². The molecule has 9 heavy (non-hydrogen) atoms. The topological polar surface area (TPSA) is 43.4 Å². The van der Waals surface area contributed by atoms with E-state index in [2.05, 4.69) is 0 Å². The Morgan fingerprint density at radius 2 is 2.44 bits per heavy atom. The summed E-state index contributed by atoms with van der Waals surface area (Å²) < 4.78 is 4.82. The van der Waals surface area contributed by atoms with Gasteiger partial charge in [0.1, 0.15) is 0 Å². The predicted octanol–water partition coefficient (Wildman–Crippen LogP) is -0.0666. The summed E-state index contributed by atoms with van der Waals surface area (Å²) >= 11 is 0. The van der Waals surface area contributed by atoms with Gasteiger partial charge in [-0.15, -0.1) is 0 Å². The van der Waals surface area contributed by atoms with E-state index in [0.29, 0.717) is 19.3 Å². The summed E-state index contributed by atoms with van der Waals surface area (Å²) in [4.78, 5) is 20.7. The minimum Gasteiger partial charge on any atom is -0.363 e. The van der Waals surface area contributed by atoms with Crippen molar-refractivity contribution in [3.63, 3.8) is 0 Å². The van der Waals surface area contributed by atoms with Gasteiger partial charge in [0, 0.05) is 13.0 Å². The molecule has 1 aliphatic rings. The van der Waals surface area contributed by atoms with Gasteiger partial charge in [0.05, 0.1) is 0 Å². The molecule has 1 atom stereocenters. The highest BCUT2D eigenvalue weighted by Crippen LogP contribution is 2.06. The molecule has 0 aromatic rings. The molecule has 0 aromatic carbocycles. The third-order valence-corrected chi connectivity index (χ3v) is 1.31. The van der Waals surface area contributed by atoms with Crippen molar-refractivity contribution < 1.29 is 14.3 Å². The van der Waals surface area contributed by atoms with E-state index in [-0.39, 0.29) is 5.78 Å². The Bertz CT molecular complexity index is 130. The first kappa shape index (κ1) is 6.42. The normalized spacial score (nSPS) is 28.0. The van der Waals surface area contributed by atoms with Crippen LogP contribution in [-0.4, -0.2) is 24.8 Å². The molecule has 0 aliphatic carbocycles. The van der Waals surface area contributed by atoms with Crippen LogP contribution in [-0.2, 0) is 14.3 Å². The SMILES string of the molecule is O=CC1OCCCC1=O. The van der Waals surface area contributed by atoms with Crippen LogP contribution >= 0.6 is 0 Å². The van der Waals surface area contributed by atoms with Gasteiger partial charge in [-0.2, -0.15) is 0 Å². The molecule has 0 radical (unpaired) electrons. The van der Waals surface area contributed by atoms with Crippen LogP contribution in [0, 0.1) is 0 Å². The first-order valence-corrected chi connectivity index (χ1v) is 2.94. The highest BCUT2D eigenvalue weighted by Gasteiger charge is 2.21. The first-order valence-electron chi connectivity index (χ1n) is 2.94.